The van der Waals surface area contributed by atoms with E-state index in [1.807, 2.05) is 0 Å². The molecule has 0 fully saturated rings. The Balaban J connectivity index is 4.72. The third kappa shape index (κ3) is 7.66. The fourth-order valence-electron chi connectivity index (χ4n) is 2.00. The van der Waals surface area contributed by atoms with Crippen molar-refractivity contribution in [2.45, 2.75) is 52.1 Å². The number of hydrogen-bond donors (Lipinski definition) is 2. The van der Waals surface area contributed by atoms with Gasteiger partial charge in [0.15, 0.2) is 0 Å². The zero-order valence-electron chi connectivity index (χ0n) is 12.9. The lowest BCUT2D eigenvalue weighted by Crippen LogP contribution is -2.25. The molecule has 0 aliphatic heterocycles. The number of carboxylic acid groups (broad SMARTS) is 2. The van der Waals surface area contributed by atoms with Crippen molar-refractivity contribution in [1.82, 2.24) is 0 Å². The quantitative estimate of drug-likeness (QED) is 0.540. The van der Waals surface area contributed by atoms with Crippen molar-refractivity contribution >= 4 is 11.9 Å². The maximum atomic E-state index is 11.1. The summed E-state index contributed by atoms with van der Waals surface area (Å²) in [6, 6.07) is 0. The highest BCUT2D eigenvalue weighted by molar-refractivity contribution is 5.87. The summed E-state index contributed by atoms with van der Waals surface area (Å²) in [5.74, 6) is -1.93. The lowest BCUT2D eigenvalue weighted by atomic mass is 9.91. The van der Waals surface area contributed by atoms with E-state index in [1.54, 1.807) is 0 Å². The lowest BCUT2D eigenvalue weighted by molar-refractivity contribution is -0.134. The third-order valence-electron chi connectivity index (χ3n) is 3.52. The normalized spacial score (nSPS) is 13.4. The maximum Gasteiger partial charge on any atom is 0.333 e. The van der Waals surface area contributed by atoms with Crippen LogP contribution in [0.1, 0.15) is 46.0 Å². The van der Waals surface area contributed by atoms with Crippen LogP contribution in [0.3, 0.4) is 0 Å². The predicted octanol–water partition coefficient (Wildman–Crippen LogP) is 3.26. The van der Waals surface area contributed by atoms with Crippen molar-refractivity contribution < 1.29 is 24.5 Å². The van der Waals surface area contributed by atoms with Crippen LogP contribution >= 0.6 is 0 Å². The van der Waals surface area contributed by atoms with Crippen molar-refractivity contribution in [3.05, 3.63) is 24.3 Å². The number of ether oxygens (including phenoxy) is 1. The molecule has 0 amide bonds. The Morgan fingerprint density at radius 3 is 2.19 bits per heavy atom. The van der Waals surface area contributed by atoms with Gasteiger partial charge in [-0.15, -0.1) is 0 Å². The molecule has 0 radical (unpaired) electrons. The Labute approximate surface area is 126 Å². The molecule has 120 valence electrons. The van der Waals surface area contributed by atoms with E-state index in [1.165, 1.54) is 0 Å². The minimum Gasteiger partial charge on any atom is -0.478 e. The second kappa shape index (κ2) is 10.2. The zero-order chi connectivity index (χ0) is 16.4. The molecule has 0 saturated carbocycles. The van der Waals surface area contributed by atoms with Gasteiger partial charge in [0.05, 0.1) is 23.9 Å². The molecule has 0 saturated heterocycles. The highest BCUT2D eigenvalue weighted by atomic mass is 16.5. The molecule has 2 unspecified atom stereocenters. The highest BCUT2D eigenvalue weighted by Crippen LogP contribution is 2.23. The van der Waals surface area contributed by atoms with Gasteiger partial charge in [-0.3, -0.25) is 0 Å². The van der Waals surface area contributed by atoms with Crippen LogP contribution < -0.4 is 0 Å². The number of hydrogen-bond acceptors (Lipinski definition) is 3. The average Bonchev–Trinajstić information content (AvgIpc) is 2.45. The number of carbonyl (C=O) groups is 2. The van der Waals surface area contributed by atoms with Crippen LogP contribution in [-0.2, 0) is 14.3 Å². The van der Waals surface area contributed by atoms with Crippen LogP contribution in [0.5, 0.6) is 0 Å². The van der Waals surface area contributed by atoms with Gasteiger partial charge < -0.3 is 14.9 Å². The molecule has 2 N–H and O–H groups in total. The number of unbranched alkanes of at least 4 members (excludes halogenated alkanes) is 1. The van der Waals surface area contributed by atoms with Crippen LogP contribution in [0.25, 0.3) is 0 Å². The zero-order valence-corrected chi connectivity index (χ0v) is 12.9. The molecule has 0 aromatic heterocycles. The van der Waals surface area contributed by atoms with Crippen molar-refractivity contribution in [2.75, 3.05) is 6.61 Å². The van der Waals surface area contributed by atoms with Crippen LogP contribution in [-0.4, -0.2) is 34.9 Å². The molecule has 0 bridgehead atoms. The van der Waals surface area contributed by atoms with Crippen molar-refractivity contribution in [3.8, 4) is 0 Å². The monoisotopic (exact) mass is 298 g/mol. The van der Waals surface area contributed by atoms with Crippen molar-refractivity contribution in [3.63, 3.8) is 0 Å². The molecule has 0 heterocycles. The van der Waals surface area contributed by atoms with Gasteiger partial charge in [-0.1, -0.05) is 52.7 Å². The molecule has 21 heavy (non-hydrogen) atoms. The summed E-state index contributed by atoms with van der Waals surface area (Å²) in [7, 11) is 0. The molecule has 0 aromatic rings. The van der Waals surface area contributed by atoms with E-state index >= 15 is 0 Å². The summed E-state index contributed by atoms with van der Waals surface area (Å²) < 4.78 is 5.44. The highest BCUT2D eigenvalue weighted by Gasteiger charge is 2.23. The van der Waals surface area contributed by atoms with Gasteiger partial charge in [-0.2, -0.15) is 0 Å². The Morgan fingerprint density at radius 1 is 1.14 bits per heavy atom. The molecule has 5 nitrogen and oxygen atoms in total. The average molecular weight is 298 g/mol. The van der Waals surface area contributed by atoms with E-state index in [0.29, 0.717) is 12.3 Å². The summed E-state index contributed by atoms with van der Waals surface area (Å²) in [5, 5.41) is 17.8. The van der Waals surface area contributed by atoms with Gasteiger partial charge in [0.2, 0.25) is 0 Å². The largest absolute Gasteiger partial charge is 0.478 e. The Morgan fingerprint density at radius 2 is 1.76 bits per heavy atom. The molecule has 0 aliphatic rings. The predicted molar refractivity (Wildman–Crippen MR) is 81.2 cm³/mol. The first kappa shape index (κ1) is 19.4. The molecule has 0 aliphatic carbocycles. The van der Waals surface area contributed by atoms with Gasteiger partial charge in [0, 0.05) is 0 Å². The Kier molecular flexibility index (Phi) is 9.37. The molecular weight excluding hydrogens is 272 g/mol. The number of carboxylic acids is 2. The standard InChI is InChI=1S/C16H26O5/c1-5-7-8-13(6-2)9-14(12(4)16(19)20)21-10-11(3)15(17)18/h13-14H,3-10H2,1-2H3,(H,17,18)(H,19,20). The summed E-state index contributed by atoms with van der Waals surface area (Å²) in [6.45, 7) is 10.9. The minimum atomic E-state index is -1.15. The van der Waals surface area contributed by atoms with Crippen LogP contribution in [0.4, 0.5) is 0 Å². The number of aliphatic carboxylic acids is 2. The molecular formula is C16H26O5. The fourth-order valence-corrected chi connectivity index (χ4v) is 2.00. The van der Waals surface area contributed by atoms with Gasteiger partial charge >= 0.3 is 11.9 Å². The van der Waals surface area contributed by atoms with Crippen LogP contribution in [0.15, 0.2) is 24.3 Å². The van der Waals surface area contributed by atoms with Crippen molar-refractivity contribution in [1.29, 1.82) is 0 Å². The summed E-state index contributed by atoms with van der Waals surface area (Å²) in [4.78, 5) is 21.8. The summed E-state index contributed by atoms with van der Waals surface area (Å²) in [5.41, 5.74) is -0.136. The second-order valence-electron chi connectivity index (χ2n) is 5.19. The first-order valence-corrected chi connectivity index (χ1v) is 7.28. The van der Waals surface area contributed by atoms with E-state index in [2.05, 4.69) is 27.0 Å². The third-order valence-corrected chi connectivity index (χ3v) is 3.52. The molecule has 2 atom stereocenters. The van der Waals surface area contributed by atoms with Gasteiger partial charge in [-0.05, 0) is 12.3 Å². The Bertz CT molecular complexity index is 386. The van der Waals surface area contributed by atoms with E-state index < -0.39 is 18.0 Å². The lowest BCUT2D eigenvalue weighted by Gasteiger charge is -2.23. The van der Waals surface area contributed by atoms with E-state index in [0.717, 1.165) is 25.7 Å². The topological polar surface area (TPSA) is 83.8 Å². The maximum absolute atomic E-state index is 11.1. The SMILES string of the molecule is C=C(COC(CC(CC)CCCC)C(=C)C(=O)O)C(=O)O. The minimum absolute atomic E-state index is 0.0388. The number of rotatable bonds is 12. The van der Waals surface area contributed by atoms with Crippen LogP contribution in [0.2, 0.25) is 0 Å². The summed E-state index contributed by atoms with van der Waals surface area (Å²) >= 11 is 0. The van der Waals surface area contributed by atoms with Gasteiger partial charge in [0.25, 0.3) is 0 Å². The van der Waals surface area contributed by atoms with Crippen molar-refractivity contribution in [2.24, 2.45) is 5.92 Å². The van der Waals surface area contributed by atoms with E-state index in [-0.39, 0.29) is 17.8 Å². The van der Waals surface area contributed by atoms with Gasteiger partial charge in [-0.25, -0.2) is 9.59 Å². The second-order valence-corrected chi connectivity index (χ2v) is 5.19. The smallest absolute Gasteiger partial charge is 0.333 e. The summed E-state index contributed by atoms with van der Waals surface area (Å²) in [6.07, 6.45) is 3.94. The molecule has 0 aromatic carbocycles. The first-order valence-electron chi connectivity index (χ1n) is 7.28. The van der Waals surface area contributed by atoms with E-state index in [9.17, 15) is 9.59 Å². The first-order chi connectivity index (χ1) is 9.83. The molecule has 0 spiro atoms. The van der Waals surface area contributed by atoms with Crippen LogP contribution in [0, 0.1) is 5.92 Å². The fraction of sp³-hybridized carbons (Fsp3) is 0.625. The molecule has 5 heteroatoms. The molecule has 0 rings (SSSR count). The van der Waals surface area contributed by atoms with Gasteiger partial charge in [0.1, 0.15) is 0 Å². The Hall–Kier alpha value is -1.62. The van der Waals surface area contributed by atoms with E-state index in [4.69, 9.17) is 14.9 Å².